The third-order valence-corrected chi connectivity index (χ3v) is 4.12. The summed E-state index contributed by atoms with van der Waals surface area (Å²) in [6.07, 6.45) is 0.767. The van der Waals surface area contributed by atoms with Gasteiger partial charge in [0.05, 0.1) is 0 Å². The van der Waals surface area contributed by atoms with Crippen molar-refractivity contribution in [2.75, 3.05) is 0 Å². The Morgan fingerprint density at radius 2 is 1.95 bits per heavy atom. The van der Waals surface area contributed by atoms with E-state index in [-0.39, 0.29) is 11.9 Å². The summed E-state index contributed by atoms with van der Waals surface area (Å²) in [7, 11) is 0. The molecule has 2 rings (SSSR count). The van der Waals surface area contributed by atoms with Crippen LogP contribution in [0.4, 0.5) is 4.39 Å². The molecule has 2 aromatic rings. The highest BCUT2D eigenvalue weighted by molar-refractivity contribution is 9.10. The molecule has 0 radical (unpaired) electrons. The fraction of sp³-hybridized carbons (Fsp3) is 0.250. The lowest BCUT2D eigenvalue weighted by atomic mass is 10.1. The number of nitrogens with two attached hydrogens (primary N) is 1. The molecule has 0 spiro atoms. The van der Waals surface area contributed by atoms with Gasteiger partial charge in [-0.05, 0) is 60.9 Å². The Morgan fingerprint density at radius 3 is 2.62 bits per heavy atom. The van der Waals surface area contributed by atoms with E-state index in [1.165, 1.54) is 12.1 Å². The van der Waals surface area contributed by atoms with Gasteiger partial charge in [-0.1, -0.05) is 31.9 Å². The topological polar surface area (TPSA) is 35.2 Å². The van der Waals surface area contributed by atoms with Gasteiger partial charge in [-0.2, -0.15) is 0 Å². The second-order valence-electron chi connectivity index (χ2n) is 5.00. The van der Waals surface area contributed by atoms with Crippen LogP contribution in [0, 0.1) is 5.82 Å². The monoisotopic (exact) mass is 415 g/mol. The maximum atomic E-state index is 13.3. The fourth-order valence-electron chi connectivity index (χ4n) is 2.01. The molecule has 2 aromatic carbocycles. The van der Waals surface area contributed by atoms with Gasteiger partial charge in [-0.15, -0.1) is 0 Å². The van der Waals surface area contributed by atoms with Gasteiger partial charge in [0.25, 0.3) is 0 Å². The van der Waals surface area contributed by atoms with E-state index < -0.39 is 0 Å². The van der Waals surface area contributed by atoms with E-state index in [1.807, 2.05) is 31.2 Å². The molecule has 2 N–H and O–H groups in total. The number of halogens is 3. The normalized spacial score (nSPS) is 12.2. The van der Waals surface area contributed by atoms with Crippen LogP contribution in [0.5, 0.6) is 5.75 Å². The van der Waals surface area contributed by atoms with E-state index in [0.29, 0.717) is 11.1 Å². The SMILES string of the molecule is CC(N)Cc1cc(OCc2cc(F)cc(Br)c2)ccc1Br. The summed E-state index contributed by atoms with van der Waals surface area (Å²) in [5, 5.41) is 0. The molecule has 21 heavy (non-hydrogen) atoms. The van der Waals surface area contributed by atoms with Crippen molar-refractivity contribution < 1.29 is 9.13 Å². The van der Waals surface area contributed by atoms with Crippen molar-refractivity contribution in [2.45, 2.75) is 26.0 Å². The summed E-state index contributed by atoms with van der Waals surface area (Å²) < 4.78 is 20.8. The third-order valence-electron chi connectivity index (χ3n) is 2.89. The summed E-state index contributed by atoms with van der Waals surface area (Å²) in [5.41, 5.74) is 7.71. The van der Waals surface area contributed by atoms with Gasteiger partial charge in [0.2, 0.25) is 0 Å². The predicted molar refractivity (Wildman–Crippen MR) is 89.9 cm³/mol. The van der Waals surface area contributed by atoms with Crippen LogP contribution in [-0.4, -0.2) is 6.04 Å². The Bertz CT molecular complexity index is 611. The fourth-order valence-corrected chi connectivity index (χ4v) is 2.93. The van der Waals surface area contributed by atoms with Gasteiger partial charge in [-0.25, -0.2) is 4.39 Å². The highest BCUT2D eigenvalue weighted by Gasteiger charge is 2.06. The van der Waals surface area contributed by atoms with Gasteiger partial charge >= 0.3 is 0 Å². The average Bonchev–Trinajstić information content (AvgIpc) is 2.38. The minimum Gasteiger partial charge on any atom is -0.489 e. The molecule has 1 atom stereocenters. The van der Waals surface area contributed by atoms with E-state index in [2.05, 4.69) is 31.9 Å². The molecule has 0 saturated carbocycles. The first-order valence-electron chi connectivity index (χ1n) is 6.56. The van der Waals surface area contributed by atoms with E-state index >= 15 is 0 Å². The molecule has 5 heteroatoms. The van der Waals surface area contributed by atoms with Crippen LogP contribution >= 0.6 is 31.9 Å². The molecule has 112 valence electrons. The maximum absolute atomic E-state index is 13.3. The number of ether oxygens (including phenoxy) is 1. The van der Waals surface area contributed by atoms with Crippen LogP contribution in [0.1, 0.15) is 18.1 Å². The zero-order chi connectivity index (χ0) is 15.4. The zero-order valence-corrected chi connectivity index (χ0v) is 14.7. The number of benzene rings is 2. The lowest BCUT2D eigenvalue weighted by molar-refractivity contribution is 0.305. The second-order valence-corrected chi connectivity index (χ2v) is 6.77. The molecule has 0 bridgehead atoms. The Labute approximate surface area is 140 Å². The van der Waals surface area contributed by atoms with Crippen LogP contribution in [0.2, 0.25) is 0 Å². The number of hydrogen-bond donors (Lipinski definition) is 1. The summed E-state index contributed by atoms with van der Waals surface area (Å²) in [6, 6.07) is 10.6. The Balaban J connectivity index is 2.09. The lowest BCUT2D eigenvalue weighted by Gasteiger charge is -2.12. The van der Waals surface area contributed by atoms with Crippen molar-refractivity contribution in [1.82, 2.24) is 0 Å². The molecule has 2 nitrogen and oxygen atoms in total. The molecule has 1 unspecified atom stereocenters. The van der Waals surface area contributed by atoms with Crippen LogP contribution in [0.25, 0.3) is 0 Å². The molecule has 0 aliphatic rings. The summed E-state index contributed by atoms with van der Waals surface area (Å²) in [4.78, 5) is 0. The minimum atomic E-state index is -0.281. The molecular weight excluding hydrogens is 401 g/mol. The van der Waals surface area contributed by atoms with Crippen LogP contribution in [-0.2, 0) is 13.0 Å². The first-order valence-corrected chi connectivity index (χ1v) is 8.14. The molecule has 0 aliphatic carbocycles. The van der Waals surface area contributed by atoms with Gasteiger partial charge < -0.3 is 10.5 Å². The third kappa shape index (κ3) is 5.09. The standard InChI is InChI=1S/C16H16Br2FNO/c1-10(20)4-12-7-15(2-3-16(12)18)21-9-11-5-13(17)8-14(19)6-11/h2-3,5-8,10H,4,9,20H2,1H3. The maximum Gasteiger partial charge on any atom is 0.124 e. The molecule has 0 aromatic heterocycles. The Morgan fingerprint density at radius 1 is 1.19 bits per heavy atom. The van der Waals surface area contributed by atoms with Gasteiger partial charge in [-0.3, -0.25) is 0 Å². The summed E-state index contributed by atoms with van der Waals surface area (Å²) >= 11 is 6.78. The van der Waals surface area contributed by atoms with Crippen molar-refractivity contribution in [3.8, 4) is 5.75 Å². The van der Waals surface area contributed by atoms with Gasteiger partial charge in [0.15, 0.2) is 0 Å². The quantitative estimate of drug-likeness (QED) is 0.758. The highest BCUT2D eigenvalue weighted by Crippen LogP contribution is 2.25. The Kier molecular flexibility index (Phi) is 5.79. The van der Waals surface area contributed by atoms with Crippen molar-refractivity contribution in [2.24, 2.45) is 5.73 Å². The number of rotatable bonds is 5. The Hall–Kier alpha value is -0.910. The predicted octanol–water partition coefficient (Wildman–Crippen LogP) is 4.82. The number of hydrogen-bond acceptors (Lipinski definition) is 2. The summed E-state index contributed by atoms with van der Waals surface area (Å²) in [6.45, 7) is 2.28. The van der Waals surface area contributed by atoms with Crippen molar-refractivity contribution in [3.63, 3.8) is 0 Å². The molecular formula is C16H16Br2FNO. The molecule has 0 saturated heterocycles. The average molecular weight is 417 g/mol. The van der Waals surface area contributed by atoms with E-state index in [4.69, 9.17) is 10.5 Å². The van der Waals surface area contributed by atoms with Crippen LogP contribution < -0.4 is 10.5 Å². The van der Waals surface area contributed by atoms with Crippen LogP contribution in [0.15, 0.2) is 45.3 Å². The van der Waals surface area contributed by atoms with Gasteiger partial charge in [0.1, 0.15) is 18.2 Å². The van der Waals surface area contributed by atoms with Crippen molar-refractivity contribution in [3.05, 3.63) is 62.3 Å². The first kappa shape index (κ1) is 16.5. The molecule has 0 heterocycles. The molecule has 0 fully saturated rings. The highest BCUT2D eigenvalue weighted by atomic mass is 79.9. The largest absolute Gasteiger partial charge is 0.489 e. The van der Waals surface area contributed by atoms with Crippen LogP contribution in [0.3, 0.4) is 0 Å². The summed E-state index contributed by atoms with van der Waals surface area (Å²) in [5.74, 6) is 0.464. The smallest absolute Gasteiger partial charge is 0.124 e. The zero-order valence-electron chi connectivity index (χ0n) is 11.6. The van der Waals surface area contributed by atoms with Gasteiger partial charge in [0, 0.05) is 15.0 Å². The van der Waals surface area contributed by atoms with E-state index in [0.717, 1.165) is 27.8 Å². The van der Waals surface area contributed by atoms with E-state index in [1.54, 1.807) is 0 Å². The second kappa shape index (κ2) is 7.38. The minimum absolute atomic E-state index is 0.0794. The molecule has 0 amide bonds. The first-order chi connectivity index (χ1) is 9.94. The molecule has 0 aliphatic heterocycles. The van der Waals surface area contributed by atoms with E-state index in [9.17, 15) is 4.39 Å². The lowest BCUT2D eigenvalue weighted by Crippen LogP contribution is -2.18. The van der Waals surface area contributed by atoms with Crippen molar-refractivity contribution in [1.29, 1.82) is 0 Å². The van der Waals surface area contributed by atoms with Crippen molar-refractivity contribution >= 4 is 31.9 Å².